The number of guanidine groups is 1. The Labute approximate surface area is 203 Å². The Bertz CT molecular complexity index is 732. The molecule has 11 heteroatoms. The van der Waals surface area contributed by atoms with Crippen molar-refractivity contribution in [2.75, 3.05) is 32.8 Å². The van der Waals surface area contributed by atoms with Crippen LogP contribution in [0.5, 0.6) is 5.75 Å². The molecule has 0 radical (unpaired) electrons. The Balaban J connectivity index is 0.00000512. The maximum atomic E-state index is 12.3. The molecule has 2 rings (SSSR count). The zero-order valence-corrected chi connectivity index (χ0v) is 20.4. The number of nitrogens with two attached hydrogens (primary N) is 1. The number of nitrogens with zero attached hydrogens (tertiary/aromatic N) is 2. The standard InChI is InChI=1S/C21H31F3N4O3.HI/c1-2-26-20(28-9-3-4-16(13-28)11-19(25)30)27-12-17(14-29)10-15-5-7-18(8-6-15)31-21(22,23)24;/h5-8,16-17,29H,2-4,9-14H2,1H3,(H2,25,30)(H,26,27);1H. The van der Waals surface area contributed by atoms with E-state index in [2.05, 4.69) is 19.9 Å². The minimum atomic E-state index is -4.72. The van der Waals surface area contributed by atoms with E-state index in [-0.39, 0.29) is 54.1 Å². The van der Waals surface area contributed by atoms with E-state index < -0.39 is 6.36 Å². The highest BCUT2D eigenvalue weighted by atomic mass is 127. The first kappa shape index (κ1) is 28.3. The van der Waals surface area contributed by atoms with Crippen LogP contribution < -0.4 is 15.8 Å². The lowest BCUT2D eigenvalue weighted by Crippen LogP contribution is -2.47. The molecule has 0 spiro atoms. The molecule has 2 unspecified atom stereocenters. The lowest BCUT2D eigenvalue weighted by molar-refractivity contribution is -0.274. The summed E-state index contributed by atoms with van der Waals surface area (Å²) in [5, 5.41) is 13.0. The Hall–Kier alpha value is -1.76. The second-order valence-corrected chi connectivity index (χ2v) is 7.76. The summed E-state index contributed by atoms with van der Waals surface area (Å²) >= 11 is 0. The van der Waals surface area contributed by atoms with Crippen molar-refractivity contribution in [1.29, 1.82) is 0 Å². The summed E-state index contributed by atoms with van der Waals surface area (Å²) in [6, 6.07) is 5.63. The molecule has 1 aliphatic rings. The van der Waals surface area contributed by atoms with E-state index in [9.17, 15) is 23.1 Å². The van der Waals surface area contributed by atoms with Crippen LogP contribution in [0, 0.1) is 11.8 Å². The summed E-state index contributed by atoms with van der Waals surface area (Å²) in [7, 11) is 0. The molecule has 1 saturated heterocycles. The number of amides is 1. The van der Waals surface area contributed by atoms with Gasteiger partial charge in [-0.05, 0) is 49.8 Å². The number of nitrogens with one attached hydrogen (secondary N) is 1. The zero-order chi connectivity index (χ0) is 22.9. The van der Waals surface area contributed by atoms with Gasteiger partial charge in [-0.2, -0.15) is 0 Å². The van der Waals surface area contributed by atoms with Gasteiger partial charge in [0.2, 0.25) is 5.91 Å². The van der Waals surface area contributed by atoms with Gasteiger partial charge in [-0.25, -0.2) is 0 Å². The number of likely N-dealkylation sites (tertiary alicyclic amines) is 1. The lowest BCUT2D eigenvalue weighted by Gasteiger charge is -2.34. The molecule has 1 amide bonds. The summed E-state index contributed by atoms with van der Waals surface area (Å²) in [5.41, 5.74) is 6.12. The smallest absolute Gasteiger partial charge is 0.406 e. The highest BCUT2D eigenvalue weighted by Gasteiger charge is 2.31. The second-order valence-electron chi connectivity index (χ2n) is 7.76. The number of carbonyl (C=O) groups excluding carboxylic acids is 1. The normalized spacial score (nSPS) is 18.0. The van der Waals surface area contributed by atoms with Gasteiger partial charge < -0.3 is 25.8 Å². The van der Waals surface area contributed by atoms with E-state index in [0.717, 1.165) is 30.9 Å². The summed E-state index contributed by atoms with van der Waals surface area (Å²) in [5.74, 6) is 0.153. The Morgan fingerprint density at radius 1 is 1.38 bits per heavy atom. The van der Waals surface area contributed by atoms with Crippen molar-refractivity contribution in [3.05, 3.63) is 29.8 Å². The van der Waals surface area contributed by atoms with Gasteiger partial charge in [-0.15, -0.1) is 37.1 Å². The molecule has 0 bridgehead atoms. The molecule has 2 atom stereocenters. The average molecular weight is 572 g/mol. The van der Waals surface area contributed by atoms with Crippen LogP contribution in [0.25, 0.3) is 0 Å². The van der Waals surface area contributed by atoms with E-state index in [1.807, 2.05) is 6.92 Å². The second kappa shape index (κ2) is 13.7. The van der Waals surface area contributed by atoms with Crippen LogP contribution in [0.4, 0.5) is 13.2 Å². The fourth-order valence-electron chi connectivity index (χ4n) is 3.70. The van der Waals surface area contributed by atoms with Crippen molar-refractivity contribution < 1.29 is 27.8 Å². The van der Waals surface area contributed by atoms with Gasteiger partial charge in [0.15, 0.2) is 5.96 Å². The van der Waals surface area contributed by atoms with Crippen molar-refractivity contribution in [1.82, 2.24) is 10.2 Å². The Morgan fingerprint density at radius 2 is 2.06 bits per heavy atom. The lowest BCUT2D eigenvalue weighted by atomic mass is 9.95. The van der Waals surface area contributed by atoms with Crippen molar-refractivity contribution in [3.8, 4) is 5.75 Å². The molecule has 1 aromatic carbocycles. The molecular formula is C21H32F3IN4O3. The fourth-order valence-corrected chi connectivity index (χ4v) is 3.70. The third kappa shape index (κ3) is 10.2. The molecule has 1 heterocycles. The number of aliphatic imine (C=N–C) groups is 1. The summed E-state index contributed by atoms with van der Waals surface area (Å²) in [6.07, 6.45) is -2.01. The molecule has 7 nitrogen and oxygen atoms in total. The molecule has 0 saturated carbocycles. The van der Waals surface area contributed by atoms with E-state index in [4.69, 9.17) is 5.73 Å². The van der Waals surface area contributed by atoms with Gasteiger partial charge >= 0.3 is 6.36 Å². The van der Waals surface area contributed by atoms with Crippen molar-refractivity contribution in [2.45, 2.75) is 39.0 Å². The summed E-state index contributed by atoms with van der Waals surface area (Å²) in [4.78, 5) is 18.0. The molecule has 182 valence electrons. The van der Waals surface area contributed by atoms with Crippen LogP contribution in [0.1, 0.15) is 31.7 Å². The van der Waals surface area contributed by atoms with E-state index in [1.165, 1.54) is 12.1 Å². The first-order valence-corrected chi connectivity index (χ1v) is 10.5. The Morgan fingerprint density at radius 3 is 2.62 bits per heavy atom. The number of piperidine rings is 1. The van der Waals surface area contributed by atoms with E-state index in [1.54, 1.807) is 12.1 Å². The number of primary amides is 1. The summed E-state index contributed by atoms with van der Waals surface area (Å²) < 4.78 is 40.7. The predicted molar refractivity (Wildman–Crippen MR) is 127 cm³/mol. The molecule has 1 aliphatic heterocycles. The number of benzene rings is 1. The van der Waals surface area contributed by atoms with Crippen LogP contribution in [0.3, 0.4) is 0 Å². The molecule has 1 aromatic rings. The Kier molecular flexibility index (Phi) is 12.1. The predicted octanol–water partition coefficient (Wildman–Crippen LogP) is 2.91. The zero-order valence-electron chi connectivity index (χ0n) is 18.1. The number of hydrogen-bond donors (Lipinski definition) is 3. The maximum Gasteiger partial charge on any atom is 0.573 e. The maximum absolute atomic E-state index is 12.3. The molecule has 0 aromatic heterocycles. The first-order chi connectivity index (χ1) is 14.7. The van der Waals surface area contributed by atoms with Crippen molar-refractivity contribution >= 4 is 35.8 Å². The molecule has 1 fully saturated rings. The van der Waals surface area contributed by atoms with Gasteiger partial charge in [0.05, 0.1) is 0 Å². The quantitative estimate of drug-likeness (QED) is 0.240. The highest BCUT2D eigenvalue weighted by molar-refractivity contribution is 14.0. The van der Waals surface area contributed by atoms with Crippen LogP contribution in [0.2, 0.25) is 0 Å². The largest absolute Gasteiger partial charge is 0.573 e. The van der Waals surface area contributed by atoms with E-state index in [0.29, 0.717) is 32.5 Å². The number of aliphatic hydroxyl groups is 1. The van der Waals surface area contributed by atoms with Crippen LogP contribution >= 0.6 is 24.0 Å². The van der Waals surface area contributed by atoms with Crippen LogP contribution in [-0.2, 0) is 11.2 Å². The van der Waals surface area contributed by atoms with E-state index >= 15 is 0 Å². The summed E-state index contributed by atoms with van der Waals surface area (Å²) in [6.45, 7) is 4.42. The highest BCUT2D eigenvalue weighted by Crippen LogP contribution is 2.24. The minimum absolute atomic E-state index is 0. The average Bonchev–Trinajstić information content (AvgIpc) is 2.70. The van der Waals surface area contributed by atoms with Crippen LogP contribution in [-0.4, -0.2) is 61.0 Å². The van der Waals surface area contributed by atoms with Crippen LogP contribution in [0.15, 0.2) is 29.3 Å². The molecule has 4 N–H and O–H groups in total. The first-order valence-electron chi connectivity index (χ1n) is 10.5. The molecular weight excluding hydrogens is 540 g/mol. The molecule has 0 aliphatic carbocycles. The topological polar surface area (TPSA) is 100 Å². The third-order valence-corrected chi connectivity index (χ3v) is 5.08. The van der Waals surface area contributed by atoms with Gasteiger partial charge in [-0.1, -0.05) is 12.1 Å². The van der Waals surface area contributed by atoms with Gasteiger partial charge in [0.25, 0.3) is 0 Å². The minimum Gasteiger partial charge on any atom is -0.406 e. The molecule has 32 heavy (non-hydrogen) atoms. The van der Waals surface area contributed by atoms with Gasteiger partial charge in [-0.3, -0.25) is 9.79 Å². The number of halogens is 4. The van der Waals surface area contributed by atoms with Gasteiger partial charge in [0, 0.05) is 45.1 Å². The van der Waals surface area contributed by atoms with Crippen molar-refractivity contribution in [3.63, 3.8) is 0 Å². The number of ether oxygens (including phenoxy) is 1. The monoisotopic (exact) mass is 572 g/mol. The number of hydrogen-bond acceptors (Lipinski definition) is 4. The fraction of sp³-hybridized carbons (Fsp3) is 0.619. The number of rotatable bonds is 9. The van der Waals surface area contributed by atoms with Crippen molar-refractivity contribution in [2.24, 2.45) is 22.6 Å². The number of carbonyl (C=O) groups is 1. The third-order valence-electron chi connectivity index (χ3n) is 5.08. The number of alkyl halides is 3. The SMILES string of the molecule is CCNC(=NCC(CO)Cc1ccc(OC(F)(F)F)cc1)N1CCCC(CC(N)=O)C1.I. The number of aliphatic hydroxyl groups excluding tert-OH is 1. The van der Waals surface area contributed by atoms with Gasteiger partial charge in [0.1, 0.15) is 5.75 Å².